The molecule has 1 fully saturated rings. The van der Waals surface area contributed by atoms with E-state index in [0.717, 1.165) is 22.3 Å². The van der Waals surface area contributed by atoms with Crippen molar-refractivity contribution in [2.45, 2.75) is 19.3 Å². The first kappa shape index (κ1) is 22.6. The van der Waals surface area contributed by atoms with Gasteiger partial charge in [-0.25, -0.2) is 4.79 Å². The van der Waals surface area contributed by atoms with Crippen molar-refractivity contribution < 1.29 is 24.2 Å². The highest BCUT2D eigenvalue weighted by Gasteiger charge is 2.50. The second-order valence-electron chi connectivity index (χ2n) is 9.08. The van der Waals surface area contributed by atoms with Crippen LogP contribution in [0.1, 0.15) is 40.7 Å². The number of nitrogens with one attached hydrogen (secondary N) is 1. The van der Waals surface area contributed by atoms with Crippen LogP contribution in [0.2, 0.25) is 0 Å². The molecule has 9 heteroatoms. The zero-order valence-electron chi connectivity index (χ0n) is 19.5. The summed E-state index contributed by atoms with van der Waals surface area (Å²) in [5, 5.41) is 16.2. The van der Waals surface area contributed by atoms with Crippen molar-refractivity contribution in [3.05, 3.63) is 71.4 Å². The zero-order valence-corrected chi connectivity index (χ0v) is 19.5. The largest absolute Gasteiger partial charge is 0.481 e. The lowest BCUT2D eigenvalue weighted by Crippen LogP contribution is -2.61. The first-order valence-corrected chi connectivity index (χ1v) is 11.5. The van der Waals surface area contributed by atoms with E-state index in [1.165, 1.54) is 15.8 Å². The van der Waals surface area contributed by atoms with Crippen LogP contribution in [0.3, 0.4) is 0 Å². The van der Waals surface area contributed by atoms with Crippen LogP contribution < -0.4 is 5.32 Å². The number of carboxylic acid groups (broad SMARTS) is 1. The molecule has 2 aromatic carbocycles. The molecule has 0 bridgehead atoms. The Morgan fingerprint density at radius 2 is 1.69 bits per heavy atom. The van der Waals surface area contributed by atoms with Crippen LogP contribution in [-0.2, 0) is 16.6 Å². The number of rotatable bonds is 6. The molecule has 0 saturated carbocycles. The smallest absolute Gasteiger partial charge is 0.412 e. The number of hydrogen-bond donors (Lipinski definition) is 2. The van der Waals surface area contributed by atoms with Gasteiger partial charge in [-0.05, 0) is 28.7 Å². The summed E-state index contributed by atoms with van der Waals surface area (Å²) in [5.74, 6) is -1.17. The van der Waals surface area contributed by atoms with Crippen LogP contribution in [0.4, 0.5) is 10.6 Å². The molecule has 2 N–H and O–H groups in total. The van der Waals surface area contributed by atoms with Crippen molar-refractivity contribution >= 4 is 23.8 Å². The fourth-order valence-electron chi connectivity index (χ4n) is 4.98. The van der Waals surface area contributed by atoms with Crippen LogP contribution >= 0.6 is 0 Å². The van der Waals surface area contributed by atoms with E-state index >= 15 is 0 Å². The molecule has 180 valence electrons. The number of ether oxygens (including phenoxy) is 1. The number of amides is 2. The highest BCUT2D eigenvalue weighted by Crippen LogP contribution is 2.44. The van der Waals surface area contributed by atoms with E-state index in [1.807, 2.05) is 36.4 Å². The summed E-state index contributed by atoms with van der Waals surface area (Å²) in [5.41, 5.74) is 3.75. The van der Waals surface area contributed by atoms with Crippen molar-refractivity contribution in [2.75, 3.05) is 25.0 Å². The molecule has 0 atom stereocenters. The molecular formula is C26H26N4O5. The molecule has 35 heavy (non-hydrogen) atoms. The van der Waals surface area contributed by atoms with E-state index in [4.69, 9.17) is 4.74 Å². The van der Waals surface area contributed by atoms with Gasteiger partial charge in [0.1, 0.15) is 23.4 Å². The molecule has 3 aromatic rings. The highest BCUT2D eigenvalue weighted by molar-refractivity contribution is 6.02. The van der Waals surface area contributed by atoms with Gasteiger partial charge in [0.15, 0.2) is 0 Å². The van der Waals surface area contributed by atoms with Crippen LogP contribution in [0.15, 0.2) is 54.7 Å². The van der Waals surface area contributed by atoms with Gasteiger partial charge in [0.2, 0.25) is 0 Å². The third-order valence-corrected chi connectivity index (χ3v) is 7.14. The first-order chi connectivity index (χ1) is 16.8. The fraction of sp³-hybridized carbons (Fsp3) is 0.308. The van der Waals surface area contributed by atoms with Crippen LogP contribution in [0.25, 0.3) is 11.1 Å². The Labute approximate surface area is 202 Å². The number of benzene rings is 2. The Morgan fingerprint density at radius 3 is 2.26 bits per heavy atom. The highest BCUT2D eigenvalue weighted by atomic mass is 16.5. The molecular weight excluding hydrogens is 448 g/mol. The van der Waals surface area contributed by atoms with Gasteiger partial charge >= 0.3 is 12.1 Å². The monoisotopic (exact) mass is 474 g/mol. The lowest BCUT2D eigenvalue weighted by atomic mass is 9.77. The number of carbonyl (C=O) groups excluding carboxylic acids is 2. The Morgan fingerprint density at radius 1 is 1.09 bits per heavy atom. The summed E-state index contributed by atoms with van der Waals surface area (Å²) in [6, 6.07) is 16.1. The van der Waals surface area contributed by atoms with E-state index in [2.05, 4.69) is 22.5 Å². The minimum absolute atomic E-state index is 0.0833. The number of aromatic nitrogens is 2. The topological polar surface area (TPSA) is 114 Å². The maximum Gasteiger partial charge on any atom is 0.412 e. The predicted molar refractivity (Wildman–Crippen MR) is 128 cm³/mol. The number of hydrogen-bond acceptors (Lipinski definition) is 5. The third-order valence-electron chi connectivity index (χ3n) is 7.14. The molecule has 1 aromatic heterocycles. The van der Waals surface area contributed by atoms with Crippen molar-refractivity contribution in [3.63, 3.8) is 0 Å². The molecule has 0 unspecified atom stereocenters. The molecule has 1 saturated heterocycles. The summed E-state index contributed by atoms with van der Waals surface area (Å²) >= 11 is 0. The Hall–Kier alpha value is -4.14. The van der Waals surface area contributed by atoms with E-state index < -0.39 is 17.5 Å². The molecule has 2 amide bonds. The number of carbonyl (C=O) groups is 3. The maximum absolute atomic E-state index is 13.0. The van der Waals surface area contributed by atoms with Crippen molar-refractivity contribution in [1.29, 1.82) is 0 Å². The maximum atomic E-state index is 13.0. The predicted octanol–water partition coefficient (Wildman–Crippen LogP) is 3.72. The second kappa shape index (κ2) is 8.57. The lowest BCUT2D eigenvalue weighted by Gasteiger charge is -2.46. The quantitative estimate of drug-likeness (QED) is 0.563. The van der Waals surface area contributed by atoms with Gasteiger partial charge in [-0.15, -0.1) is 0 Å². The number of aryl methyl sites for hydroxylation is 1. The molecule has 5 rings (SSSR count). The first-order valence-electron chi connectivity index (χ1n) is 11.5. The van der Waals surface area contributed by atoms with Gasteiger partial charge in [-0.1, -0.05) is 55.5 Å². The summed E-state index contributed by atoms with van der Waals surface area (Å²) in [6.45, 7) is 2.18. The number of anilines is 1. The Bertz CT molecular complexity index is 1280. The Kier molecular flexibility index (Phi) is 5.55. The number of likely N-dealkylation sites (tertiary alicyclic amines) is 1. The van der Waals surface area contributed by atoms with E-state index in [1.54, 1.807) is 14.0 Å². The Balaban J connectivity index is 1.27. The summed E-state index contributed by atoms with van der Waals surface area (Å²) < 4.78 is 6.98. The van der Waals surface area contributed by atoms with Gasteiger partial charge < -0.3 is 14.7 Å². The number of fused-ring (bicyclic) bond motifs is 3. The molecule has 0 radical (unpaired) electrons. The average Bonchev–Trinajstić information content (AvgIpc) is 3.35. The minimum Gasteiger partial charge on any atom is -0.481 e. The zero-order chi connectivity index (χ0) is 24.7. The summed E-state index contributed by atoms with van der Waals surface area (Å²) in [4.78, 5) is 38.7. The second-order valence-corrected chi connectivity index (χ2v) is 9.08. The van der Waals surface area contributed by atoms with Gasteiger partial charge in [-0.3, -0.25) is 19.6 Å². The molecule has 2 heterocycles. The normalized spacial score (nSPS) is 15.7. The van der Waals surface area contributed by atoms with Crippen molar-refractivity contribution in [2.24, 2.45) is 12.5 Å². The number of carboxylic acids is 1. The lowest BCUT2D eigenvalue weighted by molar-refractivity contribution is -0.158. The molecule has 2 aliphatic rings. The SMILES string of the molecule is CCC1(C(=O)O)CN(C(=O)c2cnn(C)c2NC(=O)OCC2c3ccccc3-c3ccccc32)C1. The van der Waals surface area contributed by atoms with Crippen LogP contribution in [-0.4, -0.2) is 57.5 Å². The molecule has 1 aliphatic heterocycles. The van der Waals surface area contributed by atoms with Crippen molar-refractivity contribution in [3.8, 4) is 11.1 Å². The van der Waals surface area contributed by atoms with Gasteiger partial charge in [0, 0.05) is 26.1 Å². The summed E-state index contributed by atoms with van der Waals surface area (Å²) in [7, 11) is 1.61. The van der Waals surface area contributed by atoms with Crippen LogP contribution in [0, 0.1) is 5.41 Å². The molecule has 1 aliphatic carbocycles. The molecule has 0 spiro atoms. The average molecular weight is 475 g/mol. The van der Waals surface area contributed by atoms with Gasteiger partial charge in [0.05, 0.1) is 6.20 Å². The van der Waals surface area contributed by atoms with E-state index in [9.17, 15) is 19.5 Å². The van der Waals surface area contributed by atoms with E-state index in [-0.39, 0.29) is 42.9 Å². The van der Waals surface area contributed by atoms with E-state index in [0.29, 0.717) is 6.42 Å². The number of aliphatic carboxylic acids is 1. The number of nitrogens with zero attached hydrogens (tertiary/aromatic N) is 3. The summed E-state index contributed by atoms with van der Waals surface area (Å²) in [6.07, 6.45) is 1.11. The van der Waals surface area contributed by atoms with Gasteiger partial charge in [0.25, 0.3) is 5.91 Å². The van der Waals surface area contributed by atoms with Crippen LogP contribution in [0.5, 0.6) is 0 Å². The third kappa shape index (κ3) is 3.73. The standard InChI is InChI=1S/C26H26N4O5/c1-3-26(24(32)33)14-30(15-26)23(31)20-12-27-29(2)22(20)28-25(34)35-13-21-18-10-6-4-8-16(18)17-9-5-7-11-19(17)21/h4-12,21H,3,13-15H2,1-2H3,(H,28,34)(H,32,33). The molecule has 9 nitrogen and oxygen atoms in total. The van der Waals surface area contributed by atoms with Gasteiger partial charge in [-0.2, -0.15) is 5.10 Å². The van der Waals surface area contributed by atoms with Crippen molar-refractivity contribution in [1.82, 2.24) is 14.7 Å². The minimum atomic E-state index is -0.918. The fourth-order valence-corrected chi connectivity index (χ4v) is 4.98.